The van der Waals surface area contributed by atoms with E-state index in [1.54, 1.807) is 29.1 Å². The zero-order chi connectivity index (χ0) is 20.5. The van der Waals surface area contributed by atoms with Gasteiger partial charge in [0, 0.05) is 30.9 Å². The summed E-state index contributed by atoms with van der Waals surface area (Å²) in [5, 5.41) is 23.0. The number of amides is 1. The van der Waals surface area contributed by atoms with E-state index in [0.29, 0.717) is 25.3 Å². The fraction of sp³-hybridized carbons (Fsp3) is 0.421. The van der Waals surface area contributed by atoms with E-state index in [0.717, 1.165) is 16.3 Å². The van der Waals surface area contributed by atoms with Crippen LogP contribution < -0.4 is 0 Å². The first kappa shape index (κ1) is 19.9. The minimum Gasteiger partial charge on any atom is -0.373 e. The lowest BCUT2D eigenvalue weighted by atomic mass is 9.92. The van der Waals surface area contributed by atoms with Crippen LogP contribution in [0.4, 0.5) is 13.2 Å². The molecule has 0 bridgehead atoms. The summed E-state index contributed by atoms with van der Waals surface area (Å²) in [7, 11) is 0. The number of nitriles is 1. The Labute approximate surface area is 159 Å². The number of aromatic nitrogens is 2. The van der Waals surface area contributed by atoms with Gasteiger partial charge in [0.25, 0.3) is 5.91 Å². The highest BCUT2D eigenvalue weighted by Crippen LogP contribution is 2.34. The second kappa shape index (κ2) is 7.28. The topological polar surface area (TPSA) is 82.2 Å². The van der Waals surface area contributed by atoms with Gasteiger partial charge in [-0.15, -0.1) is 0 Å². The normalized spacial score (nSPS) is 17.8. The van der Waals surface area contributed by atoms with E-state index in [1.165, 1.54) is 0 Å². The van der Waals surface area contributed by atoms with Crippen molar-refractivity contribution in [3.8, 4) is 11.8 Å². The second-order valence-corrected chi connectivity index (χ2v) is 6.97. The molecule has 1 atom stereocenters. The third-order valence-corrected chi connectivity index (χ3v) is 5.06. The van der Waals surface area contributed by atoms with Crippen LogP contribution in [-0.4, -0.2) is 50.6 Å². The average molecular weight is 392 g/mol. The van der Waals surface area contributed by atoms with E-state index in [9.17, 15) is 23.1 Å². The van der Waals surface area contributed by atoms with Crippen molar-refractivity contribution in [1.82, 2.24) is 14.7 Å². The first-order chi connectivity index (χ1) is 13.1. The summed E-state index contributed by atoms with van der Waals surface area (Å²) in [5.74, 6) is -1.33. The molecule has 1 N–H and O–H groups in total. The maximum Gasteiger partial charge on any atom is 0.426 e. The summed E-state index contributed by atoms with van der Waals surface area (Å²) >= 11 is 0. The molecule has 0 radical (unpaired) electrons. The smallest absolute Gasteiger partial charge is 0.373 e. The second-order valence-electron chi connectivity index (χ2n) is 6.97. The molecule has 1 amide bonds. The minimum absolute atomic E-state index is 0.00636. The van der Waals surface area contributed by atoms with Crippen LogP contribution >= 0.6 is 0 Å². The van der Waals surface area contributed by atoms with Crippen molar-refractivity contribution in [1.29, 1.82) is 5.26 Å². The highest BCUT2D eigenvalue weighted by atomic mass is 19.4. The Bertz CT molecular complexity index is 906. The molecule has 9 heteroatoms. The minimum atomic E-state index is -5.02. The molecule has 2 heterocycles. The quantitative estimate of drug-likeness (QED) is 0.871. The molecule has 1 aliphatic rings. The van der Waals surface area contributed by atoms with Gasteiger partial charge in [0.2, 0.25) is 5.60 Å². The van der Waals surface area contributed by atoms with Crippen molar-refractivity contribution in [2.75, 3.05) is 13.1 Å². The number of hydrogen-bond donors (Lipinski definition) is 1. The molecule has 0 saturated carbocycles. The van der Waals surface area contributed by atoms with Gasteiger partial charge in [-0.2, -0.15) is 23.5 Å². The lowest BCUT2D eigenvalue weighted by Gasteiger charge is -2.36. The van der Waals surface area contributed by atoms with Gasteiger partial charge in [-0.1, -0.05) is 6.07 Å². The number of hydrogen-bond acceptors (Lipinski definition) is 4. The Balaban J connectivity index is 1.74. The highest BCUT2D eigenvalue weighted by molar-refractivity contribution is 5.85. The van der Waals surface area contributed by atoms with Crippen molar-refractivity contribution in [3.63, 3.8) is 0 Å². The Morgan fingerprint density at radius 3 is 2.57 bits per heavy atom. The van der Waals surface area contributed by atoms with E-state index in [2.05, 4.69) is 11.2 Å². The summed E-state index contributed by atoms with van der Waals surface area (Å²) in [6, 6.07) is 10.9. The molecule has 148 valence electrons. The van der Waals surface area contributed by atoms with Crippen molar-refractivity contribution in [3.05, 3.63) is 47.8 Å². The molecule has 1 aliphatic heterocycles. The van der Waals surface area contributed by atoms with Crippen LogP contribution in [0.2, 0.25) is 0 Å². The first-order valence-electron chi connectivity index (χ1n) is 8.78. The van der Waals surface area contributed by atoms with E-state index in [4.69, 9.17) is 5.26 Å². The van der Waals surface area contributed by atoms with Crippen LogP contribution in [0.1, 0.15) is 36.9 Å². The largest absolute Gasteiger partial charge is 0.426 e. The molecule has 6 nitrogen and oxygen atoms in total. The molecule has 0 aliphatic carbocycles. The summed E-state index contributed by atoms with van der Waals surface area (Å²) < 4.78 is 40.4. The van der Waals surface area contributed by atoms with E-state index in [-0.39, 0.29) is 19.0 Å². The van der Waals surface area contributed by atoms with Crippen LogP contribution in [0.25, 0.3) is 5.69 Å². The highest BCUT2D eigenvalue weighted by Gasteiger charge is 2.57. The summed E-state index contributed by atoms with van der Waals surface area (Å²) in [6.45, 7) is 0.705. The molecular weight excluding hydrogens is 373 g/mol. The summed E-state index contributed by atoms with van der Waals surface area (Å²) in [5.41, 5.74) is -1.31. The van der Waals surface area contributed by atoms with Gasteiger partial charge in [0.05, 0.1) is 17.3 Å². The molecule has 1 aromatic heterocycles. The Kier molecular flexibility index (Phi) is 5.17. The van der Waals surface area contributed by atoms with Gasteiger partial charge >= 0.3 is 6.18 Å². The van der Waals surface area contributed by atoms with Gasteiger partial charge < -0.3 is 10.0 Å². The van der Waals surface area contributed by atoms with Crippen molar-refractivity contribution in [2.24, 2.45) is 0 Å². The maximum absolute atomic E-state index is 12.9. The van der Waals surface area contributed by atoms with Gasteiger partial charge in [-0.25, -0.2) is 4.68 Å². The predicted molar refractivity (Wildman–Crippen MR) is 93.5 cm³/mol. The maximum atomic E-state index is 12.9. The number of rotatable bonds is 3. The number of carbonyl (C=O) groups is 1. The number of likely N-dealkylation sites (tertiary alicyclic amines) is 1. The lowest BCUT2D eigenvalue weighted by molar-refractivity contribution is -0.250. The molecule has 28 heavy (non-hydrogen) atoms. The van der Waals surface area contributed by atoms with Crippen LogP contribution in [0.5, 0.6) is 0 Å². The lowest BCUT2D eigenvalue weighted by Crippen LogP contribution is -2.57. The van der Waals surface area contributed by atoms with Gasteiger partial charge in [0.15, 0.2) is 0 Å². The Hall–Kier alpha value is -2.86. The van der Waals surface area contributed by atoms with E-state index >= 15 is 0 Å². The molecule has 1 aromatic carbocycles. The van der Waals surface area contributed by atoms with Crippen molar-refractivity contribution < 1.29 is 23.1 Å². The van der Waals surface area contributed by atoms with E-state index < -0.39 is 17.7 Å². The third-order valence-electron chi connectivity index (χ3n) is 5.06. The third kappa shape index (κ3) is 3.60. The average Bonchev–Trinajstić information content (AvgIpc) is 3.16. The van der Waals surface area contributed by atoms with Gasteiger partial charge in [0.1, 0.15) is 0 Å². The number of benzene rings is 1. The number of carbonyl (C=O) groups excluding carboxylic acids is 1. The molecule has 1 saturated heterocycles. The Morgan fingerprint density at radius 2 is 1.96 bits per heavy atom. The standard InChI is InChI=1S/C19H19F3N4O2/c1-18(28,19(20,21)22)17(27)25-9-6-14(7-10-25)16-5-8-24-26(16)15-4-2-3-13(11-15)12-23/h2-5,8,11,14,28H,6-7,9-10H2,1H3/t18-/m1/s1. The molecule has 3 rings (SSSR count). The number of halogens is 3. The molecule has 0 spiro atoms. The fourth-order valence-corrected chi connectivity index (χ4v) is 3.35. The number of nitrogens with zero attached hydrogens (tertiary/aromatic N) is 4. The fourth-order valence-electron chi connectivity index (χ4n) is 3.35. The summed E-state index contributed by atoms with van der Waals surface area (Å²) in [4.78, 5) is 13.2. The van der Waals surface area contributed by atoms with Crippen molar-refractivity contribution >= 4 is 5.91 Å². The van der Waals surface area contributed by atoms with Gasteiger partial charge in [-0.05, 0) is 44.0 Å². The van der Waals surface area contributed by atoms with Crippen molar-refractivity contribution in [2.45, 2.75) is 37.5 Å². The first-order valence-corrected chi connectivity index (χ1v) is 8.78. The van der Waals surface area contributed by atoms with Crippen LogP contribution in [0.3, 0.4) is 0 Å². The monoisotopic (exact) mass is 392 g/mol. The summed E-state index contributed by atoms with van der Waals surface area (Å²) in [6.07, 6.45) is -2.50. The molecule has 1 fully saturated rings. The molecular formula is C19H19F3N4O2. The number of alkyl halides is 3. The Morgan fingerprint density at radius 1 is 1.29 bits per heavy atom. The van der Waals surface area contributed by atoms with Crippen LogP contribution in [0, 0.1) is 11.3 Å². The predicted octanol–water partition coefficient (Wildman–Crippen LogP) is 2.76. The SMILES string of the molecule is C[C@@](O)(C(=O)N1CCC(c2ccnn2-c2cccc(C#N)c2)CC1)C(F)(F)F. The van der Waals surface area contributed by atoms with Gasteiger partial charge in [-0.3, -0.25) is 4.79 Å². The number of aliphatic hydroxyl groups is 1. The zero-order valence-electron chi connectivity index (χ0n) is 15.1. The van der Waals surface area contributed by atoms with E-state index in [1.807, 2.05) is 12.1 Å². The van der Waals surface area contributed by atoms with Crippen LogP contribution in [-0.2, 0) is 4.79 Å². The van der Waals surface area contributed by atoms with Crippen LogP contribution in [0.15, 0.2) is 36.5 Å². The molecule has 0 unspecified atom stereocenters. The molecule has 2 aromatic rings. The number of piperidine rings is 1. The zero-order valence-corrected chi connectivity index (χ0v) is 15.1.